The largest absolute Gasteiger partial charge is 1.00 e. The molecule has 0 bridgehead atoms. The van der Waals surface area contributed by atoms with Crippen LogP contribution >= 0.6 is 22.9 Å². The van der Waals surface area contributed by atoms with Crippen molar-refractivity contribution in [2.75, 3.05) is 44.0 Å². The van der Waals surface area contributed by atoms with Gasteiger partial charge < -0.3 is 27.4 Å². The van der Waals surface area contributed by atoms with Gasteiger partial charge in [0.1, 0.15) is 5.75 Å². The molecule has 0 aliphatic heterocycles. The zero-order chi connectivity index (χ0) is 23.6. The lowest BCUT2D eigenvalue weighted by Crippen LogP contribution is -3.00. The van der Waals surface area contributed by atoms with Crippen LogP contribution in [-0.4, -0.2) is 55.5 Å². The number of para-hydroxylation sites is 1. The number of anilines is 2. The van der Waals surface area contributed by atoms with E-state index >= 15 is 0 Å². The molecule has 0 radical (unpaired) electrons. The van der Waals surface area contributed by atoms with E-state index in [-0.39, 0.29) is 37.2 Å². The molecule has 2 amide bonds. The normalized spacial score (nSPS) is 10.5. The van der Waals surface area contributed by atoms with E-state index in [2.05, 4.69) is 15.2 Å². The van der Waals surface area contributed by atoms with Crippen molar-refractivity contribution in [1.82, 2.24) is 9.88 Å². The van der Waals surface area contributed by atoms with E-state index in [0.29, 0.717) is 33.8 Å². The van der Waals surface area contributed by atoms with E-state index in [1.807, 2.05) is 44.4 Å². The van der Waals surface area contributed by atoms with Crippen LogP contribution in [0.25, 0.3) is 0 Å². The molecular weight excluding hydrogens is 495 g/mol. The van der Waals surface area contributed by atoms with Gasteiger partial charge in [0, 0.05) is 22.6 Å². The van der Waals surface area contributed by atoms with Crippen LogP contribution in [0.4, 0.5) is 10.8 Å². The number of ether oxygens (including phenoxy) is 1. The molecule has 0 fully saturated rings. The Morgan fingerprint density at radius 2 is 1.76 bits per heavy atom. The summed E-state index contributed by atoms with van der Waals surface area (Å²) in [6.45, 7) is 1.27. The first-order chi connectivity index (χ1) is 15.9. The SMILES string of the molecule is CN(C)CCCN(C(=O)COc1ccccc1)c1nc(CC(=O)Nc2ccc(Cl)cc2)cs1.[Cl-]. The average molecular weight is 522 g/mol. The van der Waals surface area contributed by atoms with Crippen LogP contribution in [0.5, 0.6) is 5.75 Å². The van der Waals surface area contributed by atoms with Crippen molar-refractivity contribution >= 4 is 45.6 Å². The van der Waals surface area contributed by atoms with Gasteiger partial charge in [-0.2, -0.15) is 0 Å². The summed E-state index contributed by atoms with van der Waals surface area (Å²) in [4.78, 5) is 33.6. The summed E-state index contributed by atoms with van der Waals surface area (Å²) < 4.78 is 5.65. The predicted molar refractivity (Wildman–Crippen MR) is 133 cm³/mol. The van der Waals surface area contributed by atoms with Crippen molar-refractivity contribution in [1.29, 1.82) is 0 Å². The van der Waals surface area contributed by atoms with Crippen molar-refractivity contribution in [3.63, 3.8) is 0 Å². The first kappa shape index (κ1) is 27.6. The molecule has 0 atom stereocenters. The average Bonchev–Trinajstić information content (AvgIpc) is 3.25. The summed E-state index contributed by atoms with van der Waals surface area (Å²) in [5, 5.41) is 5.80. The maximum Gasteiger partial charge on any atom is 0.266 e. The zero-order valence-corrected chi connectivity index (χ0v) is 21.4. The molecule has 1 aromatic heterocycles. The molecule has 0 saturated heterocycles. The predicted octanol–water partition coefficient (Wildman–Crippen LogP) is 1.35. The van der Waals surface area contributed by atoms with Crippen LogP contribution in [0.15, 0.2) is 60.0 Å². The highest BCUT2D eigenvalue weighted by Crippen LogP contribution is 2.22. The second-order valence-electron chi connectivity index (χ2n) is 7.66. The fraction of sp³-hybridized carbons (Fsp3) is 0.292. The van der Waals surface area contributed by atoms with Crippen molar-refractivity contribution in [2.24, 2.45) is 0 Å². The Bertz CT molecular complexity index is 1050. The Hall–Kier alpha value is -2.65. The number of nitrogens with zero attached hydrogens (tertiary/aromatic N) is 3. The Morgan fingerprint density at radius 1 is 1.06 bits per heavy atom. The molecule has 1 heterocycles. The molecule has 0 aliphatic carbocycles. The lowest BCUT2D eigenvalue weighted by molar-refractivity contribution is -0.120. The zero-order valence-electron chi connectivity index (χ0n) is 19.0. The number of nitrogens with one attached hydrogen (secondary N) is 1. The van der Waals surface area contributed by atoms with E-state index in [1.165, 1.54) is 11.3 Å². The summed E-state index contributed by atoms with van der Waals surface area (Å²) >= 11 is 7.23. The third kappa shape index (κ3) is 8.95. The van der Waals surface area contributed by atoms with Crippen molar-refractivity contribution < 1.29 is 26.7 Å². The number of benzene rings is 2. The smallest absolute Gasteiger partial charge is 0.266 e. The molecule has 3 aromatic rings. The minimum Gasteiger partial charge on any atom is -1.00 e. The molecule has 182 valence electrons. The molecular formula is C24H27Cl2N4O3S-. The van der Waals surface area contributed by atoms with Gasteiger partial charge in [0.05, 0.1) is 12.1 Å². The van der Waals surface area contributed by atoms with Gasteiger partial charge in [0.2, 0.25) is 5.91 Å². The Morgan fingerprint density at radius 3 is 2.44 bits per heavy atom. The number of thiazole rings is 1. The Labute approximate surface area is 215 Å². The van der Waals surface area contributed by atoms with E-state index in [1.54, 1.807) is 34.5 Å². The summed E-state index contributed by atoms with van der Waals surface area (Å²) in [5.74, 6) is 0.272. The fourth-order valence-electron chi connectivity index (χ4n) is 3.02. The molecule has 0 unspecified atom stereocenters. The summed E-state index contributed by atoms with van der Waals surface area (Å²) in [5.41, 5.74) is 1.27. The van der Waals surface area contributed by atoms with Crippen LogP contribution in [0.3, 0.4) is 0 Å². The molecule has 0 spiro atoms. The van der Waals surface area contributed by atoms with Crippen LogP contribution in [0.2, 0.25) is 5.02 Å². The lowest BCUT2D eigenvalue weighted by Gasteiger charge is -2.21. The van der Waals surface area contributed by atoms with Gasteiger partial charge in [0.25, 0.3) is 5.91 Å². The number of halogens is 2. The third-order valence-corrected chi connectivity index (χ3v) is 5.80. The molecule has 0 aliphatic rings. The highest BCUT2D eigenvalue weighted by molar-refractivity contribution is 7.14. The topological polar surface area (TPSA) is 74.8 Å². The molecule has 1 N–H and O–H groups in total. The molecule has 2 aromatic carbocycles. The molecule has 7 nitrogen and oxygen atoms in total. The van der Waals surface area contributed by atoms with Gasteiger partial charge in [0.15, 0.2) is 11.7 Å². The number of carbonyl (C=O) groups excluding carboxylic acids is 2. The van der Waals surface area contributed by atoms with Crippen molar-refractivity contribution in [3.05, 3.63) is 70.7 Å². The van der Waals surface area contributed by atoms with E-state index < -0.39 is 0 Å². The summed E-state index contributed by atoms with van der Waals surface area (Å²) in [6, 6.07) is 16.1. The quantitative estimate of drug-likeness (QED) is 0.412. The number of amides is 2. The summed E-state index contributed by atoms with van der Waals surface area (Å²) in [7, 11) is 3.98. The van der Waals surface area contributed by atoms with Crippen molar-refractivity contribution in [3.8, 4) is 5.75 Å². The van der Waals surface area contributed by atoms with Gasteiger partial charge in [-0.05, 0) is 63.5 Å². The van der Waals surface area contributed by atoms with Gasteiger partial charge in [-0.15, -0.1) is 11.3 Å². The first-order valence-electron chi connectivity index (χ1n) is 10.5. The first-order valence-corrected chi connectivity index (χ1v) is 11.8. The maximum atomic E-state index is 13.0. The second kappa shape index (κ2) is 13.9. The number of hydrogen-bond donors (Lipinski definition) is 1. The van der Waals surface area contributed by atoms with E-state index in [9.17, 15) is 9.59 Å². The van der Waals surface area contributed by atoms with Gasteiger partial charge >= 0.3 is 0 Å². The number of carbonyl (C=O) groups is 2. The number of rotatable bonds is 11. The highest BCUT2D eigenvalue weighted by atomic mass is 35.5. The third-order valence-electron chi connectivity index (χ3n) is 4.63. The number of aromatic nitrogens is 1. The van der Waals surface area contributed by atoms with Crippen LogP contribution < -0.4 is 27.4 Å². The van der Waals surface area contributed by atoms with Gasteiger partial charge in [-0.25, -0.2) is 4.98 Å². The number of hydrogen-bond acceptors (Lipinski definition) is 6. The van der Waals surface area contributed by atoms with Crippen LogP contribution in [0.1, 0.15) is 12.1 Å². The van der Waals surface area contributed by atoms with Crippen LogP contribution in [-0.2, 0) is 16.0 Å². The fourth-order valence-corrected chi connectivity index (χ4v) is 4.01. The minimum atomic E-state index is -0.188. The standard InChI is InChI=1S/C24H27ClN4O3S.ClH/c1-28(2)13-6-14-29(23(31)16-32-21-7-4-3-5-8-21)24-27-20(17-33-24)15-22(30)26-19-11-9-18(25)10-12-19;/h3-5,7-12,17H,6,13-16H2,1-2H3,(H,26,30);1H/p-1. The van der Waals surface area contributed by atoms with E-state index in [4.69, 9.17) is 16.3 Å². The van der Waals surface area contributed by atoms with E-state index in [0.717, 1.165) is 13.0 Å². The van der Waals surface area contributed by atoms with Gasteiger partial charge in [-0.3, -0.25) is 14.5 Å². The monoisotopic (exact) mass is 521 g/mol. The lowest BCUT2D eigenvalue weighted by atomic mass is 10.3. The molecule has 10 heteroatoms. The van der Waals surface area contributed by atoms with Gasteiger partial charge in [-0.1, -0.05) is 29.8 Å². The highest BCUT2D eigenvalue weighted by Gasteiger charge is 2.20. The molecule has 34 heavy (non-hydrogen) atoms. The maximum absolute atomic E-state index is 13.0. The Balaban J connectivity index is 0.00000408. The second-order valence-corrected chi connectivity index (χ2v) is 8.93. The molecule has 3 rings (SSSR count). The minimum absolute atomic E-state index is 0. The molecule has 0 saturated carbocycles. The van der Waals surface area contributed by atoms with Crippen molar-refractivity contribution in [2.45, 2.75) is 12.8 Å². The Kier molecular flexibility index (Phi) is 11.3. The van der Waals surface area contributed by atoms with Crippen LogP contribution in [0, 0.1) is 0 Å². The summed E-state index contributed by atoms with van der Waals surface area (Å²) in [6.07, 6.45) is 0.898.